The Bertz CT molecular complexity index is 640. The fourth-order valence-corrected chi connectivity index (χ4v) is 2.39. The van der Waals surface area contributed by atoms with E-state index in [9.17, 15) is 17.6 Å². The molecule has 2 rings (SSSR count). The molecule has 2 aromatic rings. The molecule has 0 bridgehead atoms. The van der Waals surface area contributed by atoms with E-state index in [0.29, 0.717) is 15.7 Å². The number of alkyl halides is 3. The van der Waals surface area contributed by atoms with Crippen molar-refractivity contribution in [2.24, 2.45) is 0 Å². The van der Waals surface area contributed by atoms with E-state index in [2.05, 4.69) is 21.2 Å². The van der Waals surface area contributed by atoms with E-state index in [1.54, 1.807) is 19.1 Å². The van der Waals surface area contributed by atoms with Gasteiger partial charge in [0.05, 0.1) is 5.56 Å². The van der Waals surface area contributed by atoms with Gasteiger partial charge in [-0.15, -0.1) is 0 Å². The minimum absolute atomic E-state index is 0.242. The van der Waals surface area contributed by atoms with Crippen LogP contribution in [-0.4, -0.2) is 0 Å². The average molecular weight is 362 g/mol. The molecule has 0 heterocycles. The second kappa shape index (κ2) is 6.05. The molecule has 0 aromatic heterocycles. The Hall–Kier alpha value is -1.56. The van der Waals surface area contributed by atoms with Crippen LogP contribution in [0.3, 0.4) is 0 Å². The van der Waals surface area contributed by atoms with Gasteiger partial charge in [-0.2, -0.15) is 13.2 Å². The third-order valence-corrected chi connectivity index (χ3v) is 3.67. The summed E-state index contributed by atoms with van der Waals surface area (Å²) < 4.78 is 51.2. The lowest BCUT2D eigenvalue weighted by atomic mass is 10.1. The van der Waals surface area contributed by atoms with Crippen LogP contribution in [0, 0.1) is 5.82 Å². The lowest BCUT2D eigenvalue weighted by molar-refractivity contribution is -0.137. The Labute approximate surface area is 128 Å². The van der Waals surface area contributed by atoms with Crippen LogP contribution < -0.4 is 5.32 Å². The maximum atomic E-state index is 13.2. The number of anilines is 1. The molecular formula is C15H12BrF4N. The second-order valence-corrected chi connectivity index (χ2v) is 5.47. The average Bonchev–Trinajstić information content (AvgIpc) is 2.39. The van der Waals surface area contributed by atoms with Gasteiger partial charge in [0.25, 0.3) is 0 Å². The molecule has 6 heteroatoms. The van der Waals surface area contributed by atoms with Crippen molar-refractivity contribution in [1.29, 1.82) is 0 Å². The quantitative estimate of drug-likeness (QED) is 0.683. The Morgan fingerprint density at radius 2 is 1.81 bits per heavy atom. The summed E-state index contributed by atoms with van der Waals surface area (Å²) in [4.78, 5) is 0. The third kappa shape index (κ3) is 3.97. The van der Waals surface area contributed by atoms with E-state index >= 15 is 0 Å². The van der Waals surface area contributed by atoms with Crippen LogP contribution in [-0.2, 0) is 6.18 Å². The van der Waals surface area contributed by atoms with Gasteiger partial charge in [-0.3, -0.25) is 0 Å². The molecule has 0 saturated heterocycles. The first-order valence-corrected chi connectivity index (χ1v) is 6.95. The molecule has 0 aliphatic rings. The molecule has 0 aliphatic heterocycles. The van der Waals surface area contributed by atoms with Crippen molar-refractivity contribution >= 4 is 21.6 Å². The fourth-order valence-electron chi connectivity index (χ4n) is 1.90. The maximum absolute atomic E-state index is 13.2. The molecule has 112 valence electrons. The lowest BCUT2D eigenvalue weighted by Crippen LogP contribution is -2.09. The van der Waals surface area contributed by atoms with E-state index < -0.39 is 11.7 Å². The number of benzene rings is 2. The van der Waals surface area contributed by atoms with Gasteiger partial charge >= 0.3 is 6.18 Å². The number of hydrogen-bond acceptors (Lipinski definition) is 1. The Kier molecular flexibility index (Phi) is 4.56. The molecule has 2 aromatic carbocycles. The van der Waals surface area contributed by atoms with Gasteiger partial charge in [-0.1, -0.05) is 12.1 Å². The van der Waals surface area contributed by atoms with E-state index in [0.717, 1.165) is 12.1 Å². The summed E-state index contributed by atoms with van der Waals surface area (Å²) >= 11 is 3.12. The zero-order valence-electron chi connectivity index (χ0n) is 11.0. The Morgan fingerprint density at radius 1 is 1.10 bits per heavy atom. The molecule has 0 aliphatic carbocycles. The minimum Gasteiger partial charge on any atom is -0.378 e. The van der Waals surface area contributed by atoms with E-state index in [4.69, 9.17) is 0 Å². The first-order valence-electron chi connectivity index (χ1n) is 6.16. The van der Waals surface area contributed by atoms with Crippen molar-refractivity contribution in [3.8, 4) is 0 Å². The zero-order valence-corrected chi connectivity index (χ0v) is 12.6. The van der Waals surface area contributed by atoms with Crippen molar-refractivity contribution in [3.63, 3.8) is 0 Å². The highest BCUT2D eigenvalue weighted by atomic mass is 79.9. The minimum atomic E-state index is -4.38. The van der Waals surface area contributed by atoms with Gasteiger partial charge in [0, 0.05) is 16.2 Å². The van der Waals surface area contributed by atoms with E-state index in [1.807, 2.05) is 0 Å². The molecule has 21 heavy (non-hydrogen) atoms. The van der Waals surface area contributed by atoms with Crippen molar-refractivity contribution in [3.05, 3.63) is 63.9 Å². The highest BCUT2D eigenvalue weighted by Crippen LogP contribution is 2.35. The summed E-state index contributed by atoms with van der Waals surface area (Å²) in [5.41, 5.74) is 0.500. The number of halogens is 5. The van der Waals surface area contributed by atoms with E-state index in [1.165, 1.54) is 18.2 Å². The molecule has 0 fully saturated rings. The first kappa shape index (κ1) is 15.8. The summed E-state index contributed by atoms with van der Waals surface area (Å²) in [6.07, 6.45) is -4.38. The van der Waals surface area contributed by atoms with Gasteiger partial charge < -0.3 is 5.32 Å². The Balaban J connectivity index is 2.20. The first-order chi connectivity index (χ1) is 9.77. The van der Waals surface area contributed by atoms with Gasteiger partial charge in [0.2, 0.25) is 0 Å². The summed E-state index contributed by atoms with van der Waals surface area (Å²) in [5, 5.41) is 3.05. The van der Waals surface area contributed by atoms with Crippen LogP contribution >= 0.6 is 15.9 Å². The monoisotopic (exact) mass is 361 g/mol. The number of rotatable bonds is 3. The van der Waals surface area contributed by atoms with Crippen LogP contribution in [0.15, 0.2) is 46.9 Å². The largest absolute Gasteiger partial charge is 0.416 e. The summed E-state index contributed by atoms with van der Waals surface area (Å²) in [7, 11) is 0. The predicted molar refractivity (Wildman–Crippen MR) is 77.6 cm³/mol. The van der Waals surface area contributed by atoms with Gasteiger partial charge in [0.1, 0.15) is 5.82 Å². The standard InChI is InChI=1S/C15H12BrF4N/c1-9(10-3-2-4-12(17)7-10)21-14-6-5-11(8-13(14)16)15(18,19)20/h2-9,21H,1H3. The van der Waals surface area contributed by atoms with Crippen molar-refractivity contribution in [2.45, 2.75) is 19.1 Å². The fraction of sp³-hybridized carbons (Fsp3) is 0.200. The molecule has 0 amide bonds. The number of hydrogen-bond donors (Lipinski definition) is 1. The molecule has 1 nitrogen and oxygen atoms in total. The summed E-state index contributed by atoms with van der Waals surface area (Å²) in [6, 6.07) is 9.19. The molecule has 0 radical (unpaired) electrons. The molecule has 1 atom stereocenters. The van der Waals surface area contributed by atoms with Crippen LogP contribution in [0.4, 0.5) is 23.2 Å². The van der Waals surface area contributed by atoms with Gasteiger partial charge in [-0.05, 0) is 58.7 Å². The lowest BCUT2D eigenvalue weighted by Gasteiger charge is -2.18. The normalized spacial score (nSPS) is 13.0. The van der Waals surface area contributed by atoms with Gasteiger partial charge in [-0.25, -0.2) is 4.39 Å². The predicted octanol–water partition coefficient (Wildman–Crippen LogP) is 5.78. The van der Waals surface area contributed by atoms with Crippen molar-refractivity contribution in [2.75, 3.05) is 5.32 Å². The smallest absolute Gasteiger partial charge is 0.378 e. The van der Waals surface area contributed by atoms with Crippen LogP contribution in [0.1, 0.15) is 24.1 Å². The topological polar surface area (TPSA) is 12.0 Å². The Morgan fingerprint density at radius 3 is 2.38 bits per heavy atom. The molecule has 0 spiro atoms. The van der Waals surface area contributed by atoms with Gasteiger partial charge in [0.15, 0.2) is 0 Å². The summed E-state index contributed by atoms with van der Waals surface area (Å²) in [5.74, 6) is -0.354. The third-order valence-electron chi connectivity index (χ3n) is 3.02. The van der Waals surface area contributed by atoms with Crippen LogP contribution in [0.5, 0.6) is 0 Å². The second-order valence-electron chi connectivity index (χ2n) is 4.61. The van der Waals surface area contributed by atoms with Crippen molar-refractivity contribution < 1.29 is 17.6 Å². The van der Waals surface area contributed by atoms with Crippen LogP contribution in [0.25, 0.3) is 0 Å². The molecule has 1 N–H and O–H groups in total. The zero-order chi connectivity index (χ0) is 15.6. The maximum Gasteiger partial charge on any atom is 0.416 e. The molecule has 0 saturated carbocycles. The summed E-state index contributed by atoms with van der Waals surface area (Å²) in [6.45, 7) is 1.80. The SMILES string of the molecule is CC(Nc1ccc(C(F)(F)F)cc1Br)c1cccc(F)c1. The van der Waals surface area contributed by atoms with E-state index in [-0.39, 0.29) is 11.9 Å². The molecule has 1 unspecified atom stereocenters. The highest BCUT2D eigenvalue weighted by molar-refractivity contribution is 9.10. The van der Waals surface area contributed by atoms with Crippen molar-refractivity contribution in [1.82, 2.24) is 0 Å². The highest BCUT2D eigenvalue weighted by Gasteiger charge is 2.30. The van der Waals surface area contributed by atoms with Crippen LogP contribution in [0.2, 0.25) is 0 Å². The molecular weight excluding hydrogens is 350 g/mol. The number of nitrogens with one attached hydrogen (secondary N) is 1.